The highest BCUT2D eigenvalue weighted by Crippen LogP contribution is 2.16. The molecule has 1 aliphatic heterocycles. The molecule has 0 aromatic heterocycles. The van der Waals surface area contributed by atoms with E-state index in [1.165, 1.54) is 7.11 Å². The maximum Gasteiger partial charge on any atom is 0.510 e. The van der Waals surface area contributed by atoms with Gasteiger partial charge in [0.2, 0.25) is 6.23 Å². The van der Waals surface area contributed by atoms with Gasteiger partial charge in [0, 0.05) is 13.0 Å². The SMILES string of the molecule is CCOC(=O)OC1C(=O)CCN1C(=O)OC. The van der Waals surface area contributed by atoms with Crippen LogP contribution in [0.3, 0.4) is 0 Å². The molecule has 1 fully saturated rings. The van der Waals surface area contributed by atoms with Crippen molar-refractivity contribution < 1.29 is 28.6 Å². The van der Waals surface area contributed by atoms with E-state index in [-0.39, 0.29) is 25.4 Å². The van der Waals surface area contributed by atoms with Crippen molar-refractivity contribution in [1.29, 1.82) is 0 Å². The van der Waals surface area contributed by atoms with Crippen LogP contribution >= 0.6 is 0 Å². The Labute approximate surface area is 92.2 Å². The van der Waals surface area contributed by atoms with E-state index in [0.717, 1.165) is 4.90 Å². The first-order valence-corrected chi connectivity index (χ1v) is 4.80. The van der Waals surface area contributed by atoms with E-state index >= 15 is 0 Å². The number of hydrogen-bond donors (Lipinski definition) is 0. The van der Waals surface area contributed by atoms with Gasteiger partial charge >= 0.3 is 12.2 Å². The molecule has 0 aromatic rings. The molecule has 1 atom stereocenters. The normalized spacial score (nSPS) is 19.5. The highest BCUT2D eigenvalue weighted by molar-refractivity contribution is 5.90. The van der Waals surface area contributed by atoms with Gasteiger partial charge in [0.25, 0.3) is 0 Å². The molecule has 1 aliphatic rings. The van der Waals surface area contributed by atoms with Gasteiger partial charge in [-0.15, -0.1) is 0 Å². The molecule has 0 spiro atoms. The molecule has 16 heavy (non-hydrogen) atoms. The smallest absolute Gasteiger partial charge is 0.453 e. The molecule has 0 N–H and O–H groups in total. The average molecular weight is 231 g/mol. The van der Waals surface area contributed by atoms with E-state index in [2.05, 4.69) is 9.47 Å². The van der Waals surface area contributed by atoms with Gasteiger partial charge in [-0.25, -0.2) is 9.59 Å². The summed E-state index contributed by atoms with van der Waals surface area (Å²) >= 11 is 0. The summed E-state index contributed by atoms with van der Waals surface area (Å²) < 4.78 is 13.7. The Morgan fingerprint density at radius 1 is 1.50 bits per heavy atom. The lowest BCUT2D eigenvalue weighted by Gasteiger charge is -2.20. The standard InChI is InChI=1S/C9H13NO6/c1-3-15-9(13)16-7-6(11)4-5-10(7)8(12)14-2/h7H,3-5H2,1-2H3. The zero-order valence-electron chi connectivity index (χ0n) is 9.10. The number of Topliss-reactive ketones (excluding diaryl/α,β-unsaturated/α-hetero) is 1. The Morgan fingerprint density at radius 2 is 2.19 bits per heavy atom. The molecule has 1 unspecified atom stereocenters. The van der Waals surface area contributed by atoms with E-state index in [9.17, 15) is 14.4 Å². The van der Waals surface area contributed by atoms with Crippen LogP contribution in [0.25, 0.3) is 0 Å². The number of nitrogens with zero attached hydrogens (tertiary/aromatic N) is 1. The second-order valence-electron chi connectivity index (χ2n) is 3.03. The van der Waals surface area contributed by atoms with Gasteiger partial charge in [-0.1, -0.05) is 0 Å². The van der Waals surface area contributed by atoms with Crippen molar-refractivity contribution in [3.8, 4) is 0 Å². The minimum atomic E-state index is -1.23. The Kier molecular flexibility index (Phi) is 4.10. The van der Waals surface area contributed by atoms with E-state index in [0.29, 0.717) is 0 Å². The molecule has 1 rings (SSSR count). The molecule has 90 valence electrons. The van der Waals surface area contributed by atoms with Gasteiger partial charge in [-0.05, 0) is 6.92 Å². The number of likely N-dealkylation sites (tertiary alicyclic amines) is 1. The quantitative estimate of drug-likeness (QED) is 0.644. The van der Waals surface area contributed by atoms with Crippen molar-refractivity contribution >= 4 is 18.0 Å². The summed E-state index contributed by atoms with van der Waals surface area (Å²) in [4.78, 5) is 34.7. The van der Waals surface area contributed by atoms with Crippen LogP contribution in [0.1, 0.15) is 13.3 Å². The summed E-state index contributed by atoms with van der Waals surface area (Å²) in [6.07, 6.45) is -2.78. The summed E-state index contributed by atoms with van der Waals surface area (Å²) in [6, 6.07) is 0. The van der Waals surface area contributed by atoms with Crippen LogP contribution in [-0.4, -0.2) is 49.4 Å². The second kappa shape index (κ2) is 5.34. The predicted octanol–water partition coefficient (Wildman–Crippen LogP) is 0.527. The lowest BCUT2D eigenvalue weighted by molar-refractivity contribution is -0.130. The molecule has 7 heteroatoms. The van der Waals surface area contributed by atoms with Crippen molar-refractivity contribution in [2.45, 2.75) is 19.6 Å². The van der Waals surface area contributed by atoms with Crippen LogP contribution in [0.4, 0.5) is 9.59 Å². The summed E-state index contributed by atoms with van der Waals surface area (Å²) in [5.41, 5.74) is 0. The average Bonchev–Trinajstić information content (AvgIpc) is 2.60. The summed E-state index contributed by atoms with van der Waals surface area (Å²) in [5, 5.41) is 0. The molecule has 0 aromatic carbocycles. The first kappa shape index (κ1) is 12.3. The van der Waals surface area contributed by atoms with Crippen molar-refractivity contribution in [3.63, 3.8) is 0 Å². The van der Waals surface area contributed by atoms with E-state index in [1.807, 2.05) is 0 Å². The fourth-order valence-corrected chi connectivity index (χ4v) is 1.32. The van der Waals surface area contributed by atoms with E-state index in [1.54, 1.807) is 6.92 Å². The van der Waals surface area contributed by atoms with Gasteiger partial charge < -0.3 is 14.2 Å². The molecule has 1 amide bonds. The van der Waals surface area contributed by atoms with Gasteiger partial charge in [0.05, 0.1) is 13.7 Å². The molecule has 7 nitrogen and oxygen atoms in total. The highest BCUT2D eigenvalue weighted by atomic mass is 16.7. The number of carbonyl (C=O) groups is 3. The van der Waals surface area contributed by atoms with Crippen LogP contribution in [0, 0.1) is 0 Å². The largest absolute Gasteiger partial charge is 0.510 e. The van der Waals surface area contributed by atoms with Crippen molar-refractivity contribution in [3.05, 3.63) is 0 Å². The zero-order chi connectivity index (χ0) is 12.1. The van der Waals surface area contributed by atoms with Crippen LogP contribution in [0.15, 0.2) is 0 Å². The lowest BCUT2D eigenvalue weighted by Crippen LogP contribution is -2.41. The molecule has 0 saturated carbocycles. The maximum absolute atomic E-state index is 11.4. The van der Waals surface area contributed by atoms with E-state index in [4.69, 9.17) is 4.74 Å². The highest BCUT2D eigenvalue weighted by Gasteiger charge is 2.39. The summed E-state index contributed by atoms with van der Waals surface area (Å²) in [5.74, 6) is -0.349. The maximum atomic E-state index is 11.4. The molecule has 1 heterocycles. The predicted molar refractivity (Wildman–Crippen MR) is 50.6 cm³/mol. The van der Waals surface area contributed by atoms with Crippen LogP contribution in [0.5, 0.6) is 0 Å². The van der Waals surface area contributed by atoms with Crippen molar-refractivity contribution in [1.82, 2.24) is 4.90 Å². The third-order valence-electron chi connectivity index (χ3n) is 2.04. The minimum Gasteiger partial charge on any atom is -0.453 e. The molecular formula is C9H13NO6. The van der Waals surface area contributed by atoms with Crippen LogP contribution in [0.2, 0.25) is 0 Å². The molecular weight excluding hydrogens is 218 g/mol. The third-order valence-corrected chi connectivity index (χ3v) is 2.04. The number of rotatable bonds is 2. The number of hydrogen-bond acceptors (Lipinski definition) is 6. The topological polar surface area (TPSA) is 82.1 Å². The second-order valence-corrected chi connectivity index (χ2v) is 3.03. The van der Waals surface area contributed by atoms with Gasteiger partial charge in [0.15, 0.2) is 5.78 Å². The fraction of sp³-hybridized carbons (Fsp3) is 0.667. The van der Waals surface area contributed by atoms with Crippen LogP contribution in [-0.2, 0) is 19.0 Å². The number of ether oxygens (including phenoxy) is 3. The Hall–Kier alpha value is -1.79. The molecule has 0 radical (unpaired) electrons. The molecule has 0 aliphatic carbocycles. The summed E-state index contributed by atoms with van der Waals surface area (Å²) in [6.45, 7) is 1.92. The molecule has 1 saturated heterocycles. The first-order chi connectivity index (χ1) is 7.60. The van der Waals surface area contributed by atoms with E-state index < -0.39 is 18.5 Å². The minimum absolute atomic E-state index is 0.137. The van der Waals surface area contributed by atoms with Gasteiger partial charge in [-0.3, -0.25) is 9.69 Å². The number of carbonyl (C=O) groups excluding carboxylic acids is 3. The van der Waals surface area contributed by atoms with Gasteiger partial charge in [-0.2, -0.15) is 0 Å². The lowest BCUT2D eigenvalue weighted by atomic mass is 10.3. The number of amides is 1. The fourth-order valence-electron chi connectivity index (χ4n) is 1.32. The third kappa shape index (κ3) is 2.62. The summed E-state index contributed by atoms with van der Waals surface area (Å²) in [7, 11) is 1.19. The monoisotopic (exact) mass is 231 g/mol. The van der Waals surface area contributed by atoms with Crippen LogP contribution < -0.4 is 0 Å². The number of ketones is 1. The molecule has 0 bridgehead atoms. The first-order valence-electron chi connectivity index (χ1n) is 4.80. The Morgan fingerprint density at radius 3 is 2.75 bits per heavy atom. The Balaban J connectivity index is 2.63. The van der Waals surface area contributed by atoms with Gasteiger partial charge in [0.1, 0.15) is 0 Å². The Bertz CT molecular complexity index is 302. The number of methoxy groups -OCH3 is 1. The zero-order valence-corrected chi connectivity index (χ0v) is 9.10. The van der Waals surface area contributed by atoms with Crippen molar-refractivity contribution in [2.24, 2.45) is 0 Å². The van der Waals surface area contributed by atoms with Crippen molar-refractivity contribution in [2.75, 3.05) is 20.3 Å².